The Bertz CT molecular complexity index is 977. The van der Waals surface area contributed by atoms with Gasteiger partial charge in [0.2, 0.25) is 5.91 Å². The number of rotatable bonds is 9. The van der Waals surface area contributed by atoms with E-state index in [1.165, 1.54) is 34.6 Å². The van der Waals surface area contributed by atoms with Crippen LogP contribution in [0, 0.1) is 12.8 Å². The molecule has 1 unspecified atom stereocenters. The predicted molar refractivity (Wildman–Crippen MR) is 131 cm³/mol. The number of piperidine rings is 1. The maximum atomic E-state index is 12.6. The standard InChI is InChI=1S/C25H31N3O2S2/c1-18-5-7-21(8-6-18)30-16-25-27-20(17-32-25)14-24(29)26-15-22(23-4-3-13-31-23)28-11-9-19(2)10-12-28/h3-8,13,17,19,22H,9-12,14-16H2,1-2H3,(H,26,29). The Morgan fingerprint density at radius 2 is 2.00 bits per heavy atom. The molecule has 1 amide bonds. The molecule has 0 saturated carbocycles. The molecule has 4 rings (SSSR count). The zero-order valence-electron chi connectivity index (χ0n) is 18.8. The highest BCUT2D eigenvalue weighted by atomic mass is 32.1. The van der Waals surface area contributed by atoms with Crippen molar-refractivity contribution in [2.75, 3.05) is 19.6 Å². The maximum Gasteiger partial charge on any atom is 0.226 e. The van der Waals surface area contributed by atoms with Crippen molar-refractivity contribution in [3.8, 4) is 5.75 Å². The molecule has 1 atom stereocenters. The van der Waals surface area contributed by atoms with Crippen LogP contribution in [-0.4, -0.2) is 35.4 Å². The molecule has 0 aliphatic carbocycles. The first kappa shape index (κ1) is 23.0. The van der Waals surface area contributed by atoms with E-state index < -0.39 is 0 Å². The van der Waals surface area contributed by atoms with Gasteiger partial charge in [0, 0.05) is 16.8 Å². The zero-order valence-corrected chi connectivity index (χ0v) is 20.4. The van der Waals surface area contributed by atoms with E-state index in [0.717, 1.165) is 35.5 Å². The van der Waals surface area contributed by atoms with Crippen molar-refractivity contribution in [1.82, 2.24) is 15.2 Å². The lowest BCUT2D eigenvalue weighted by molar-refractivity contribution is -0.120. The fraction of sp³-hybridized carbons (Fsp3) is 0.440. The number of thiophene rings is 1. The molecule has 3 aromatic rings. The number of hydrogen-bond acceptors (Lipinski definition) is 6. The molecule has 3 heterocycles. The summed E-state index contributed by atoms with van der Waals surface area (Å²) in [6.07, 6.45) is 2.75. The van der Waals surface area contributed by atoms with Crippen LogP contribution in [0.1, 0.15) is 46.9 Å². The molecule has 0 spiro atoms. The fourth-order valence-electron chi connectivity index (χ4n) is 3.94. The van der Waals surface area contributed by atoms with Crippen molar-refractivity contribution in [1.29, 1.82) is 0 Å². The highest BCUT2D eigenvalue weighted by Gasteiger charge is 2.25. The first-order valence-corrected chi connectivity index (χ1v) is 13.0. The Balaban J connectivity index is 1.27. The van der Waals surface area contributed by atoms with Gasteiger partial charge >= 0.3 is 0 Å². The van der Waals surface area contributed by atoms with Crippen LogP contribution in [0.25, 0.3) is 0 Å². The number of carbonyl (C=O) groups excluding carboxylic acids is 1. The average Bonchev–Trinajstić information content (AvgIpc) is 3.47. The highest BCUT2D eigenvalue weighted by Crippen LogP contribution is 2.29. The lowest BCUT2D eigenvalue weighted by Gasteiger charge is -2.36. The van der Waals surface area contributed by atoms with E-state index in [2.05, 4.69) is 46.6 Å². The number of aromatic nitrogens is 1. The highest BCUT2D eigenvalue weighted by molar-refractivity contribution is 7.10. The van der Waals surface area contributed by atoms with Gasteiger partial charge in [-0.05, 0) is 62.4 Å². The third-order valence-corrected chi connectivity index (χ3v) is 7.79. The SMILES string of the molecule is Cc1ccc(OCc2nc(CC(=O)NCC(c3cccs3)N3CCC(C)CC3)cs2)cc1. The lowest BCUT2D eigenvalue weighted by Crippen LogP contribution is -2.42. The minimum Gasteiger partial charge on any atom is -0.486 e. The molecule has 7 heteroatoms. The second kappa shape index (κ2) is 11.1. The zero-order chi connectivity index (χ0) is 22.3. The largest absolute Gasteiger partial charge is 0.486 e. The van der Waals surface area contributed by atoms with E-state index >= 15 is 0 Å². The van der Waals surface area contributed by atoms with E-state index in [1.54, 1.807) is 11.3 Å². The second-order valence-electron chi connectivity index (χ2n) is 8.56. The number of nitrogens with one attached hydrogen (secondary N) is 1. The second-order valence-corrected chi connectivity index (χ2v) is 10.5. The van der Waals surface area contributed by atoms with Gasteiger partial charge in [-0.25, -0.2) is 4.98 Å². The van der Waals surface area contributed by atoms with Gasteiger partial charge in [-0.3, -0.25) is 9.69 Å². The van der Waals surface area contributed by atoms with Crippen molar-refractivity contribution < 1.29 is 9.53 Å². The van der Waals surface area contributed by atoms with Gasteiger partial charge in [0.15, 0.2) is 0 Å². The Morgan fingerprint density at radius 1 is 1.22 bits per heavy atom. The number of hydrogen-bond donors (Lipinski definition) is 1. The summed E-state index contributed by atoms with van der Waals surface area (Å²) >= 11 is 3.31. The van der Waals surface area contributed by atoms with Gasteiger partial charge in [0.25, 0.3) is 0 Å². The molecule has 1 aliphatic heterocycles. The first-order chi connectivity index (χ1) is 15.6. The molecular weight excluding hydrogens is 438 g/mol. The maximum absolute atomic E-state index is 12.6. The minimum absolute atomic E-state index is 0.0215. The third kappa shape index (κ3) is 6.40. The van der Waals surface area contributed by atoms with Crippen LogP contribution >= 0.6 is 22.7 Å². The van der Waals surface area contributed by atoms with Crippen LogP contribution in [0.4, 0.5) is 0 Å². The van der Waals surface area contributed by atoms with Crippen LogP contribution < -0.4 is 10.1 Å². The Labute approximate surface area is 198 Å². The van der Waals surface area contributed by atoms with Crippen molar-refractivity contribution in [3.05, 3.63) is 68.3 Å². The van der Waals surface area contributed by atoms with Crippen molar-refractivity contribution >= 4 is 28.6 Å². The molecule has 5 nitrogen and oxygen atoms in total. The number of aryl methyl sites for hydroxylation is 1. The van der Waals surface area contributed by atoms with E-state index in [-0.39, 0.29) is 11.9 Å². The summed E-state index contributed by atoms with van der Waals surface area (Å²) in [5.41, 5.74) is 2.01. The van der Waals surface area contributed by atoms with Crippen LogP contribution in [0.5, 0.6) is 5.75 Å². The summed E-state index contributed by atoms with van der Waals surface area (Å²) in [6.45, 7) is 7.63. The number of likely N-dealkylation sites (tertiary alicyclic amines) is 1. The number of amides is 1. The molecular formula is C25H31N3O2S2. The van der Waals surface area contributed by atoms with Crippen LogP contribution in [0.3, 0.4) is 0 Å². The lowest BCUT2D eigenvalue weighted by atomic mass is 9.97. The molecule has 1 aromatic carbocycles. The van der Waals surface area contributed by atoms with Crippen LogP contribution in [-0.2, 0) is 17.8 Å². The molecule has 1 N–H and O–H groups in total. The molecule has 1 aliphatic rings. The Morgan fingerprint density at radius 3 is 2.72 bits per heavy atom. The minimum atomic E-state index is 0.0215. The molecule has 2 aromatic heterocycles. The Hall–Kier alpha value is -2.22. The number of nitrogens with zero attached hydrogens (tertiary/aromatic N) is 2. The van der Waals surface area contributed by atoms with Crippen molar-refractivity contribution in [2.45, 2.75) is 45.8 Å². The van der Waals surface area contributed by atoms with Gasteiger partial charge < -0.3 is 10.1 Å². The topological polar surface area (TPSA) is 54.5 Å². The smallest absolute Gasteiger partial charge is 0.226 e. The van der Waals surface area contributed by atoms with Gasteiger partial charge in [-0.1, -0.05) is 30.7 Å². The monoisotopic (exact) mass is 469 g/mol. The molecule has 1 saturated heterocycles. The predicted octanol–water partition coefficient (Wildman–Crippen LogP) is 5.22. The van der Waals surface area contributed by atoms with E-state index in [0.29, 0.717) is 19.6 Å². The number of thiazole rings is 1. The van der Waals surface area contributed by atoms with Crippen molar-refractivity contribution in [2.24, 2.45) is 5.92 Å². The normalized spacial score (nSPS) is 16.1. The van der Waals surface area contributed by atoms with Crippen molar-refractivity contribution in [3.63, 3.8) is 0 Å². The summed E-state index contributed by atoms with van der Waals surface area (Å²) < 4.78 is 5.80. The Kier molecular flexibility index (Phi) is 7.95. The average molecular weight is 470 g/mol. The molecule has 0 radical (unpaired) electrons. The quantitative estimate of drug-likeness (QED) is 0.467. The van der Waals surface area contributed by atoms with Gasteiger partial charge in [-0.15, -0.1) is 22.7 Å². The summed E-state index contributed by atoms with van der Waals surface area (Å²) in [6, 6.07) is 12.5. The molecule has 32 heavy (non-hydrogen) atoms. The van der Waals surface area contributed by atoms with E-state index in [1.807, 2.05) is 29.6 Å². The van der Waals surface area contributed by atoms with E-state index in [4.69, 9.17) is 4.74 Å². The third-order valence-electron chi connectivity index (χ3n) is 5.95. The number of ether oxygens (including phenoxy) is 1. The van der Waals surface area contributed by atoms with E-state index in [9.17, 15) is 4.79 Å². The number of carbonyl (C=O) groups is 1. The molecule has 0 bridgehead atoms. The molecule has 170 valence electrons. The summed E-state index contributed by atoms with van der Waals surface area (Å²) in [4.78, 5) is 21.1. The van der Waals surface area contributed by atoms with Gasteiger partial charge in [-0.2, -0.15) is 0 Å². The summed E-state index contributed by atoms with van der Waals surface area (Å²) in [7, 11) is 0. The summed E-state index contributed by atoms with van der Waals surface area (Å²) in [5, 5.41) is 8.11. The van der Waals surface area contributed by atoms with Crippen LogP contribution in [0.15, 0.2) is 47.2 Å². The number of benzene rings is 1. The molecule has 1 fully saturated rings. The van der Waals surface area contributed by atoms with Gasteiger partial charge in [0.05, 0.1) is 18.2 Å². The van der Waals surface area contributed by atoms with Gasteiger partial charge in [0.1, 0.15) is 17.4 Å². The fourth-order valence-corrected chi connectivity index (χ4v) is 5.51. The first-order valence-electron chi connectivity index (χ1n) is 11.2. The summed E-state index contributed by atoms with van der Waals surface area (Å²) in [5.74, 6) is 1.64. The van der Waals surface area contributed by atoms with Crippen LogP contribution in [0.2, 0.25) is 0 Å².